The van der Waals surface area contributed by atoms with Crippen LogP contribution in [0.15, 0.2) is 65.3 Å². The minimum absolute atomic E-state index is 0.120. The van der Waals surface area contributed by atoms with Gasteiger partial charge in [-0.05, 0) is 56.2 Å². The molecule has 0 saturated carbocycles. The normalized spacial score (nSPS) is 11.6. The van der Waals surface area contributed by atoms with Crippen LogP contribution >= 0.6 is 0 Å². The number of carbonyl (C=O) groups is 2. The lowest BCUT2D eigenvalue weighted by molar-refractivity contribution is -0.123. The van der Waals surface area contributed by atoms with E-state index >= 15 is 0 Å². The minimum atomic E-state index is -0.354. The molecular formula is C23H24N2O4. The van der Waals surface area contributed by atoms with Crippen LogP contribution in [-0.2, 0) is 4.79 Å². The Kier molecular flexibility index (Phi) is 6.34. The van der Waals surface area contributed by atoms with Gasteiger partial charge in [-0.2, -0.15) is 0 Å². The predicted molar refractivity (Wildman–Crippen MR) is 111 cm³/mol. The van der Waals surface area contributed by atoms with Crippen molar-refractivity contribution in [2.45, 2.75) is 26.8 Å². The molecule has 2 N–H and O–H groups in total. The zero-order valence-corrected chi connectivity index (χ0v) is 16.7. The van der Waals surface area contributed by atoms with Gasteiger partial charge in [-0.25, -0.2) is 0 Å². The molecule has 0 aliphatic rings. The maximum absolute atomic E-state index is 12.3. The molecule has 0 fully saturated rings. The van der Waals surface area contributed by atoms with Gasteiger partial charge < -0.3 is 19.8 Å². The lowest BCUT2D eigenvalue weighted by Crippen LogP contribution is -2.31. The Morgan fingerprint density at radius 2 is 1.90 bits per heavy atom. The molecule has 0 spiro atoms. The van der Waals surface area contributed by atoms with Crippen molar-refractivity contribution in [1.29, 1.82) is 0 Å². The third-order valence-electron chi connectivity index (χ3n) is 4.49. The number of hydrogen-bond acceptors (Lipinski definition) is 4. The van der Waals surface area contributed by atoms with Gasteiger partial charge >= 0.3 is 0 Å². The van der Waals surface area contributed by atoms with E-state index in [2.05, 4.69) is 16.7 Å². The van der Waals surface area contributed by atoms with Crippen molar-refractivity contribution in [1.82, 2.24) is 5.32 Å². The molecule has 1 heterocycles. The van der Waals surface area contributed by atoms with Gasteiger partial charge in [0.05, 0.1) is 12.3 Å². The monoisotopic (exact) mass is 392 g/mol. The van der Waals surface area contributed by atoms with Gasteiger partial charge in [0.1, 0.15) is 5.75 Å². The number of rotatable bonds is 7. The summed E-state index contributed by atoms with van der Waals surface area (Å²) >= 11 is 0. The number of hydrogen-bond donors (Lipinski definition) is 2. The maximum Gasteiger partial charge on any atom is 0.291 e. The van der Waals surface area contributed by atoms with E-state index in [1.165, 1.54) is 6.26 Å². The van der Waals surface area contributed by atoms with E-state index in [0.717, 1.165) is 16.7 Å². The molecule has 0 bridgehead atoms. The second-order valence-electron chi connectivity index (χ2n) is 6.90. The topological polar surface area (TPSA) is 80.6 Å². The first-order valence-electron chi connectivity index (χ1n) is 9.36. The highest BCUT2D eigenvalue weighted by molar-refractivity contribution is 6.02. The molecule has 0 radical (unpaired) electrons. The highest BCUT2D eigenvalue weighted by Gasteiger charge is 2.13. The summed E-state index contributed by atoms with van der Waals surface area (Å²) in [7, 11) is 0. The highest BCUT2D eigenvalue weighted by atomic mass is 16.5. The molecule has 150 valence electrons. The average Bonchev–Trinajstić information content (AvgIpc) is 3.23. The van der Waals surface area contributed by atoms with Crippen molar-refractivity contribution >= 4 is 17.5 Å². The van der Waals surface area contributed by atoms with Gasteiger partial charge in [0.25, 0.3) is 11.8 Å². The standard InChI is InChI=1S/C23H24N2O4/c1-15-9-10-16(2)20(12-15)17(3)24-22(26)14-29-19-7-4-6-18(13-19)25-23(27)21-8-5-11-28-21/h4-13,17H,14H2,1-3H3,(H,24,26)(H,25,27). The quantitative estimate of drug-likeness (QED) is 0.624. The van der Waals surface area contributed by atoms with Crippen LogP contribution in [0.25, 0.3) is 0 Å². The number of ether oxygens (including phenoxy) is 1. The summed E-state index contributed by atoms with van der Waals surface area (Å²) in [5, 5.41) is 5.68. The SMILES string of the molecule is Cc1ccc(C)c(C(C)NC(=O)COc2cccc(NC(=O)c3ccco3)c2)c1. The van der Waals surface area contributed by atoms with Crippen LogP contribution in [0, 0.1) is 13.8 Å². The molecule has 6 heteroatoms. The average molecular weight is 392 g/mol. The number of furan rings is 1. The van der Waals surface area contributed by atoms with E-state index in [0.29, 0.717) is 11.4 Å². The van der Waals surface area contributed by atoms with Crippen LogP contribution in [0.1, 0.15) is 40.2 Å². The molecule has 1 unspecified atom stereocenters. The van der Waals surface area contributed by atoms with Gasteiger partial charge in [0.2, 0.25) is 0 Å². The zero-order valence-electron chi connectivity index (χ0n) is 16.7. The van der Waals surface area contributed by atoms with E-state index in [1.807, 2.05) is 32.9 Å². The Hall–Kier alpha value is -3.54. The molecule has 1 aromatic heterocycles. The summed E-state index contributed by atoms with van der Waals surface area (Å²) in [5.41, 5.74) is 3.91. The Morgan fingerprint density at radius 3 is 2.66 bits per heavy atom. The van der Waals surface area contributed by atoms with Crippen molar-refractivity contribution in [2.75, 3.05) is 11.9 Å². The number of nitrogens with one attached hydrogen (secondary N) is 2. The summed E-state index contributed by atoms with van der Waals surface area (Å²) in [6.45, 7) is 5.88. The van der Waals surface area contributed by atoms with Gasteiger partial charge in [-0.1, -0.05) is 29.8 Å². The first-order valence-corrected chi connectivity index (χ1v) is 9.36. The maximum atomic E-state index is 12.3. The molecule has 29 heavy (non-hydrogen) atoms. The van der Waals surface area contributed by atoms with E-state index in [4.69, 9.17) is 9.15 Å². The van der Waals surface area contributed by atoms with Gasteiger partial charge in [-0.15, -0.1) is 0 Å². The van der Waals surface area contributed by atoms with Crippen LogP contribution in [0.4, 0.5) is 5.69 Å². The fraction of sp³-hybridized carbons (Fsp3) is 0.217. The number of benzene rings is 2. The second kappa shape index (κ2) is 9.10. The molecule has 3 rings (SSSR count). The van der Waals surface area contributed by atoms with Gasteiger partial charge in [0.15, 0.2) is 12.4 Å². The second-order valence-corrected chi connectivity index (χ2v) is 6.90. The van der Waals surface area contributed by atoms with Crippen molar-refractivity contribution in [3.05, 3.63) is 83.3 Å². The number of aryl methyl sites for hydroxylation is 2. The highest BCUT2D eigenvalue weighted by Crippen LogP contribution is 2.20. The molecule has 0 aliphatic heterocycles. The fourth-order valence-electron chi connectivity index (χ4n) is 3.00. The Balaban J connectivity index is 1.55. The van der Waals surface area contributed by atoms with Gasteiger partial charge in [0, 0.05) is 11.8 Å². The molecule has 2 aromatic carbocycles. The van der Waals surface area contributed by atoms with Crippen molar-refractivity contribution < 1.29 is 18.7 Å². The molecule has 2 amide bonds. The minimum Gasteiger partial charge on any atom is -0.484 e. The van der Waals surface area contributed by atoms with Crippen LogP contribution in [-0.4, -0.2) is 18.4 Å². The molecule has 1 atom stereocenters. The van der Waals surface area contributed by atoms with Gasteiger partial charge in [-0.3, -0.25) is 9.59 Å². The van der Waals surface area contributed by atoms with Crippen molar-refractivity contribution in [2.24, 2.45) is 0 Å². The first kappa shape index (κ1) is 20.2. The lowest BCUT2D eigenvalue weighted by atomic mass is 10.00. The fourth-order valence-corrected chi connectivity index (χ4v) is 3.00. The summed E-state index contributed by atoms with van der Waals surface area (Å²) in [4.78, 5) is 24.3. The lowest BCUT2D eigenvalue weighted by Gasteiger charge is -2.17. The molecule has 0 saturated heterocycles. The summed E-state index contributed by atoms with van der Waals surface area (Å²) < 4.78 is 10.7. The zero-order chi connectivity index (χ0) is 20.8. The van der Waals surface area contributed by atoms with E-state index in [1.54, 1.807) is 36.4 Å². The molecule has 6 nitrogen and oxygen atoms in total. The van der Waals surface area contributed by atoms with E-state index < -0.39 is 0 Å². The van der Waals surface area contributed by atoms with Crippen molar-refractivity contribution in [3.63, 3.8) is 0 Å². The number of anilines is 1. The molecule has 0 aliphatic carbocycles. The van der Waals surface area contributed by atoms with Crippen molar-refractivity contribution in [3.8, 4) is 5.75 Å². The number of carbonyl (C=O) groups excluding carboxylic acids is 2. The Labute approximate surface area is 169 Å². The van der Waals surface area contributed by atoms with Crippen LogP contribution in [0.5, 0.6) is 5.75 Å². The third-order valence-corrected chi connectivity index (χ3v) is 4.49. The predicted octanol–water partition coefficient (Wildman–Crippen LogP) is 4.40. The molecular weight excluding hydrogens is 368 g/mol. The Morgan fingerprint density at radius 1 is 1.07 bits per heavy atom. The first-order chi connectivity index (χ1) is 13.9. The van der Waals surface area contributed by atoms with E-state index in [9.17, 15) is 9.59 Å². The summed E-state index contributed by atoms with van der Waals surface area (Å²) in [6, 6.07) is 16.1. The Bertz CT molecular complexity index is 996. The van der Waals surface area contributed by atoms with Crippen LogP contribution in [0.2, 0.25) is 0 Å². The summed E-state index contributed by atoms with van der Waals surface area (Å²) in [6.07, 6.45) is 1.44. The number of amides is 2. The van der Waals surface area contributed by atoms with Crippen LogP contribution in [0.3, 0.4) is 0 Å². The molecule has 3 aromatic rings. The van der Waals surface area contributed by atoms with Crippen LogP contribution < -0.4 is 15.4 Å². The third kappa shape index (κ3) is 5.48. The summed E-state index contributed by atoms with van der Waals surface area (Å²) in [5.74, 6) is 0.128. The smallest absolute Gasteiger partial charge is 0.291 e. The largest absolute Gasteiger partial charge is 0.484 e. The van der Waals surface area contributed by atoms with E-state index in [-0.39, 0.29) is 30.2 Å².